The molecule has 1 aliphatic carbocycles. The number of hydrogen-bond donors (Lipinski definition) is 0. The van der Waals surface area contributed by atoms with E-state index >= 15 is 0 Å². The predicted octanol–water partition coefficient (Wildman–Crippen LogP) is 8.30. The Balaban J connectivity index is 2.66. The molecule has 1 aliphatic rings. The Morgan fingerprint density at radius 3 is 1.97 bits per heavy atom. The van der Waals surface area contributed by atoms with Gasteiger partial charge in [-0.2, -0.15) is 9.98 Å². The fourth-order valence-corrected chi connectivity index (χ4v) is 5.64. The summed E-state index contributed by atoms with van der Waals surface area (Å²) in [6, 6.07) is 0. The summed E-state index contributed by atoms with van der Waals surface area (Å²) in [4.78, 5) is 30.7. The van der Waals surface area contributed by atoms with Crippen LogP contribution in [0.3, 0.4) is 0 Å². The first kappa shape index (κ1) is 27.8. The summed E-state index contributed by atoms with van der Waals surface area (Å²) >= 11 is 0. The number of unbranched alkanes of at least 4 members (excludes halogenated alkanes) is 9. The molecule has 0 aromatic carbocycles. The largest absolute Gasteiger partial charge is 0.237 e. The van der Waals surface area contributed by atoms with Gasteiger partial charge in [-0.15, -0.1) is 0 Å². The van der Waals surface area contributed by atoms with Gasteiger partial charge in [0.2, 0.25) is 12.2 Å². The maximum atomic E-state index is 11.2. The molecule has 3 atom stereocenters. The highest BCUT2D eigenvalue weighted by atomic mass is 16.1. The molecule has 178 valence electrons. The van der Waals surface area contributed by atoms with Gasteiger partial charge in [0, 0.05) is 5.92 Å². The first-order valence-electron chi connectivity index (χ1n) is 13.3. The zero-order valence-electron chi connectivity index (χ0n) is 20.7. The molecule has 0 amide bonds. The van der Waals surface area contributed by atoms with Crippen molar-refractivity contribution in [2.45, 2.75) is 142 Å². The number of isocyanates is 2. The molecule has 0 aromatic heterocycles. The van der Waals surface area contributed by atoms with Crippen LogP contribution in [0, 0.1) is 17.8 Å². The maximum Gasteiger partial charge on any atom is 0.237 e. The lowest BCUT2D eigenvalue weighted by Crippen LogP contribution is -2.42. The fourth-order valence-electron chi connectivity index (χ4n) is 5.64. The van der Waals surface area contributed by atoms with Crippen molar-refractivity contribution in [3.05, 3.63) is 0 Å². The van der Waals surface area contributed by atoms with Crippen LogP contribution in [0.2, 0.25) is 0 Å². The molecule has 0 bridgehead atoms. The minimum absolute atomic E-state index is 0.169. The Morgan fingerprint density at radius 1 is 0.806 bits per heavy atom. The Bertz CT molecular complexity index is 531. The molecule has 0 radical (unpaired) electrons. The van der Waals surface area contributed by atoms with Crippen LogP contribution in [0.1, 0.15) is 136 Å². The average Bonchev–Trinajstić information content (AvgIpc) is 2.76. The third-order valence-corrected chi connectivity index (χ3v) is 7.39. The van der Waals surface area contributed by atoms with Crippen molar-refractivity contribution < 1.29 is 9.59 Å². The van der Waals surface area contributed by atoms with Crippen LogP contribution in [0.25, 0.3) is 0 Å². The molecule has 0 saturated heterocycles. The van der Waals surface area contributed by atoms with Crippen molar-refractivity contribution in [3.63, 3.8) is 0 Å². The molecule has 4 nitrogen and oxygen atoms in total. The predicted molar refractivity (Wildman–Crippen MR) is 130 cm³/mol. The van der Waals surface area contributed by atoms with Gasteiger partial charge in [-0.05, 0) is 37.5 Å². The first-order chi connectivity index (χ1) is 15.1. The summed E-state index contributed by atoms with van der Waals surface area (Å²) < 4.78 is 0. The molecular weight excluding hydrogens is 384 g/mol. The van der Waals surface area contributed by atoms with E-state index in [1.165, 1.54) is 77.0 Å². The van der Waals surface area contributed by atoms with Crippen molar-refractivity contribution in [2.75, 3.05) is 0 Å². The highest BCUT2D eigenvalue weighted by Gasteiger charge is 2.45. The van der Waals surface area contributed by atoms with Gasteiger partial charge in [0.1, 0.15) is 0 Å². The SMILES string of the molecule is CCCCCCCCCCC(C)CC(CCCCC)C1CCCCC1(N=C=O)N=C=O. The smallest absolute Gasteiger partial charge is 0.211 e. The molecule has 4 heteroatoms. The molecule has 1 rings (SSSR count). The van der Waals surface area contributed by atoms with E-state index in [-0.39, 0.29) is 5.92 Å². The Hall–Kier alpha value is -1.24. The zero-order chi connectivity index (χ0) is 22.8. The normalized spacial score (nSPS) is 22.9. The van der Waals surface area contributed by atoms with Crippen LogP contribution in [0.5, 0.6) is 0 Å². The summed E-state index contributed by atoms with van der Waals surface area (Å²) in [7, 11) is 0. The number of nitrogens with zero attached hydrogens (tertiary/aromatic N) is 2. The van der Waals surface area contributed by atoms with Gasteiger partial charge in [-0.3, -0.25) is 0 Å². The topological polar surface area (TPSA) is 58.9 Å². The van der Waals surface area contributed by atoms with Crippen molar-refractivity contribution in [3.8, 4) is 0 Å². The molecule has 0 aromatic rings. The third-order valence-electron chi connectivity index (χ3n) is 7.39. The summed E-state index contributed by atoms with van der Waals surface area (Å²) in [5.74, 6) is 1.29. The van der Waals surface area contributed by atoms with E-state index < -0.39 is 5.66 Å². The van der Waals surface area contributed by atoms with Crippen molar-refractivity contribution in [1.29, 1.82) is 0 Å². The van der Waals surface area contributed by atoms with Crippen LogP contribution < -0.4 is 0 Å². The van der Waals surface area contributed by atoms with Crippen molar-refractivity contribution in [2.24, 2.45) is 27.7 Å². The lowest BCUT2D eigenvalue weighted by atomic mass is 9.68. The Labute approximate surface area is 191 Å². The van der Waals surface area contributed by atoms with E-state index in [0.29, 0.717) is 18.3 Å². The van der Waals surface area contributed by atoms with Gasteiger partial charge in [-0.1, -0.05) is 111 Å². The second-order valence-corrected chi connectivity index (χ2v) is 10.00. The highest BCUT2D eigenvalue weighted by Crippen LogP contribution is 2.45. The zero-order valence-corrected chi connectivity index (χ0v) is 20.7. The Morgan fingerprint density at radius 2 is 1.35 bits per heavy atom. The fraction of sp³-hybridized carbons (Fsp3) is 0.926. The van der Waals surface area contributed by atoms with Crippen LogP contribution in [-0.2, 0) is 9.59 Å². The number of carbonyl (C=O) groups excluding carboxylic acids is 2. The minimum atomic E-state index is -0.906. The van der Waals surface area contributed by atoms with Gasteiger partial charge in [0.15, 0.2) is 5.66 Å². The monoisotopic (exact) mass is 432 g/mol. The molecular formula is C27H48N2O2. The molecule has 0 aliphatic heterocycles. The lowest BCUT2D eigenvalue weighted by Gasteiger charge is -2.41. The van der Waals surface area contributed by atoms with Gasteiger partial charge in [-0.25, -0.2) is 9.59 Å². The molecule has 31 heavy (non-hydrogen) atoms. The van der Waals surface area contributed by atoms with E-state index in [0.717, 1.165) is 32.1 Å². The van der Waals surface area contributed by atoms with E-state index in [9.17, 15) is 9.59 Å². The molecule has 1 saturated carbocycles. The van der Waals surface area contributed by atoms with Gasteiger partial charge in [0.25, 0.3) is 0 Å². The van der Waals surface area contributed by atoms with Crippen molar-refractivity contribution in [1.82, 2.24) is 0 Å². The quantitative estimate of drug-likeness (QED) is 0.124. The molecule has 0 spiro atoms. The van der Waals surface area contributed by atoms with Gasteiger partial charge < -0.3 is 0 Å². The summed E-state index contributed by atoms with van der Waals surface area (Å²) in [6.45, 7) is 6.88. The molecule has 1 fully saturated rings. The maximum absolute atomic E-state index is 11.2. The number of aliphatic imine (C=N–C) groups is 2. The minimum Gasteiger partial charge on any atom is -0.211 e. The standard InChI is InChI=1S/C27H48N2O2/c1-4-6-8-9-10-11-12-14-17-24(3)21-25(18-13-7-5-2)26-19-15-16-20-27(26,28-22-30)29-23-31/h24-26H,4-21H2,1-3H3. The summed E-state index contributed by atoms with van der Waals surface area (Å²) in [5.41, 5.74) is -0.906. The van der Waals surface area contributed by atoms with E-state index in [1.807, 2.05) is 0 Å². The van der Waals surface area contributed by atoms with Crippen LogP contribution in [-0.4, -0.2) is 17.8 Å². The van der Waals surface area contributed by atoms with E-state index in [4.69, 9.17) is 0 Å². The first-order valence-corrected chi connectivity index (χ1v) is 13.3. The average molecular weight is 433 g/mol. The van der Waals surface area contributed by atoms with Crippen LogP contribution in [0.4, 0.5) is 0 Å². The van der Waals surface area contributed by atoms with E-state index in [1.54, 1.807) is 12.2 Å². The second kappa shape index (κ2) is 17.3. The van der Waals surface area contributed by atoms with Gasteiger partial charge >= 0.3 is 0 Å². The Kier molecular flexibility index (Phi) is 15.5. The van der Waals surface area contributed by atoms with Crippen LogP contribution in [0.15, 0.2) is 9.98 Å². The highest BCUT2D eigenvalue weighted by molar-refractivity contribution is 5.39. The molecule has 0 N–H and O–H groups in total. The molecule has 3 unspecified atom stereocenters. The number of hydrogen-bond acceptors (Lipinski definition) is 4. The third kappa shape index (κ3) is 10.8. The lowest BCUT2D eigenvalue weighted by molar-refractivity contribution is 0.108. The number of rotatable bonds is 18. The summed E-state index contributed by atoms with van der Waals surface area (Å²) in [5, 5.41) is 0. The van der Waals surface area contributed by atoms with E-state index in [2.05, 4.69) is 30.8 Å². The summed E-state index contributed by atoms with van der Waals surface area (Å²) in [6.07, 6.45) is 25.3. The van der Waals surface area contributed by atoms with Crippen molar-refractivity contribution >= 4 is 12.2 Å². The second-order valence-electron chi connectivity index (χ2n) is 10.00. The van der Waals surface area contributed by atoms with Gasteiger partial charge in [0.05, 0.1) is 0 Å². The van der Waals surface area contributed by atoms with Crippen LogP contribution >= 0.6 is 0 Å². The molecule has 0 heterocycles.